The lowest BCUT2D eigenvalue weighted by molar-refractivity contribution is -0.131. The van der Waals surface area contributed by atoms with E-state index < -0.39 is 35.1 Å². The summed E-state index contributed by atoms with van der Waals surface area (Å²) >= 11 is 3.01. The Labute approximate surface area is 240 Å². The highest BCUT2D eigenvalue weighted by atomic mass is 32.2. The molecule has 1 saturated heterocycles. The van der Waals surface area contributed by atoms with Gasteiger partial charge in [-0.15, -0.1) is 11.8 Å². The van der Waals surface area contributed by atoms with Crippen molar-refractivity contribution in [2.75, 3.05) is 31.0 Å². The third-order valence-corrected chi connectivity index (χ3v) is 9.32. The van der Waals surface area contributed by atoms with E-state index in [-0.39, 0.29) is 12.5 Å². The SMILES string of the molecule is COc1ccc(CNC(=O)[C@H](CSCC2CCCCC2)NC(=O)[C@@H]2CSC(CO)N2C(=O)OC(C)(C)C)cc1. The van der Waals surface area contributed by atoms with Gasteiger partial charge < -0.3 is 25.2 Å². The zero-order valence-corrected chi connectivity index (χ0v) is 25.1. The maximum atomic E-state index is 13.5. The van der Waals surface area contributed by atoms with Crippen LogP contribution in [-0.2, 0) is 20.9 Å². The van der Waals surface area contributed by atoms with Gasteiger partial charge in [-0.05, 0) is 63.0 Å². The van der Waals surface area contributed by atoms with Crippen molar-refractivity contribution in [3.8, 4) is 5.75 Å². The molecule has 0 bridgehead atoms. The molecule has 1 heterocycles. The number of hydrogen-bond acceptors (Lipinski definition) is 8. The lowest BCUT2D eigenvalue weighted by Gasteiger charge is -2.31. The zero-order valence-electron chi connectivity index (χ0n) is 23.4. The van der Waals surface area contributed by atoms with Crippen molar-refractivity contribution in [3.63, 3.8) is 0 Å². The maximum absolute atomic E-state index is 13.5. The van der Waals surface area contributed by atoms with Crippen LogP contribution in [0.25, 0.3) is 0 Å². The van der Waals surface area contributed by atoms with Crippen LogP contribution >= 0.6 is 23.5 Å². The van der Waals surface area contributed by atoms with Gasteiger partial charge in [-0.1, -0.05) is 31.4 Å². The van der Waals surface area contributed by atoms with E-state index in [4.69, 9.17) is 9.47 Å². The minimum Gasteiger partial charge on any atom is -0.497 e. The Morgan fingerprint density at radius 2 is 1.85 bits per heavy atom. The first kappa shape index (κ1) is 31.4. The third kappa shape index (κ3) is 9.79. The number of nitrogens with one attached hydrogen (secondary N) is 2. The molecule has 1 saturated carbocycles. The molecule has 0 aromatic heterocycles. The molecule has 3 amide bonds. The van der Waals surface area contributed by atoms with E-state index in [1.54, 1.807) is 39.6 Å². The number of aliphatic hydroxyl groups is 1. The highest BCUT2D eigenvalue weighted by molar-refractivity contribution is 8.00. The first-order valence-corrected chi connectivity index (χ1v) is 15.8. The van der Waals surface area contributed by atoms with Gasteiger partial charge >= 0.3 is 6.09 Å². The fourth-order valence-corrected chi connectivity index (χ4v) is 7.17. The van der Waals surface area contributed by atoms with Gasteiger partial charge in [0.1, 0.15) is 28.8 Å². The third-order valence-electron chi connectivity index (χ3n) is 6.78. The fraction of sp³-hybridized carbons (Fsp3) is 0.679. The van der Waals surface area contributed by atoms with Crippen LogP contribution in [-0.4, -0.2) is 81.9 Å². The minimum atomic E-state index is -0.845. The summed E-state index contributed by atoms with van der Waals surface area (Å²) in [7, 11) is 1.60. The number of rotatable bonds is 11. The average Bonchev–Trinajstić information content (AvgIpc) is 3.36. The Hall–Kier alpha value is -2.11. The van der Waals surface area contributed by atoms with Gasteiger partial charge in [0.25, 0.3) is 0 Å². The van der Waals surface area contributed by atoms with Crippen molar-refractivity contribution < 1.29 is 29.0 Å². The first-order chi connectivity index (χ1) is 18.6. The van der Waals surface area contributed by atoms with E-state index >= 15 is 0 Å². The van der Waals surface area contributed by atoms with E-state index in [2.05, 4.69) is 10.6 Å². The van der Waals surface area contributed by atoms with Crippen molar-refractivity contribution in [1.29, 1.82) is 0 Å². The largest absolute Gasteiger partial charge is 0.497 e. The number of carbonyl (C=O) groups is 3. The van der Waals surface area contributed by atoms with Crippen LogP contribution in [0.5, 0.6) is 5.75 Å². The van der Waals surface area contributed by atoms with Gasteiger partial charge in [-0.2, -0.15) is 11.8 Å². The predicted octanol–water partition coefficient (Wildman–Crippen LogP) is 3.78. The van der Waals surface area contributed by atoms with Crippen molar-refractivity contribution in [2.24, 2.45) is 5.92 Å². The van der Waals surface area contributed by atoms with E-state index in [9.17, 15) is 19.5 Å². The molecule has 1 unspecified atom stereocenters. The van der Waals surface area contributed by atoms with Gasteiger partial charge in [0, 0.05) is 18.1 Å². The van der Waals surface area contributed by atoms with Gasteiger partial charge in [0.15, 0.2) is 0 Å². The molecule has 3 atom stereocenters. The van der Waals surface area contributed by atoms with Gasteiger partial charge in [-0.3, -0.25) is 14.5 Å². The highest BCUT2D eigenvalue weighted by Crippen LogP contribution is 2.31. The number of thioether (sulfide) groups is 2. The summed E-state index contributed by atoms with van der Waals surface area (Å²) in [6.07, 6.45) is 5.55. The molecule has 3 rings (SSSR count). The average molecular weight is 582 g/mol. The van der Waals surface area contributed by atoms with Crippen LogP contribution in [0.4, 0.5) is 4.79 Å². The van der Waals surface area contributed by atoms with E-state index in [1.807, 2.05) is 24.3 Å². The summed E-state index contributed by atoms with van der Waals surface area (Å²) in [6.45, 7) is 5.28. The molecule has 1 aromatic carbocycles. The second-order valence-corrected chi connectivity index (χ2v) is 13.3. The molecule has 39 heavy (non-hydrogen) atoms. The molecule has 1 aliphatic carbocycles. The molecule has 1 aliphatic heterocycles. The quantitative estimate of drug-likeness (QED) is 0.362. The van der Waals surface area contributed by atoms with E-state index in [0.29, 0.717) is 24.0 Å². The number of methoxy groups -OCH3 is 1. The lowest BCUT2D eigenvalue weighted by atomic mass is 9.91. The molecule has 0 radical (unpaired) electrons. The summed E-state index contributed by atoms with van der Waals surface area (Å²) < 4.78 is 10.7. The van der Waals surface area contributed by atoms with Crippen molar-refractivity contribution in [3.05, 3.63) is 29.8 Å². The number of benzene rings is 1. The van der Waals surface area contributed by atoms with E-state index in [0.717, 1.165) is 17.1 Å². The molecule has 0 spiro atoms. The van der Waals surface area contributed by atoms with E-state index in [1.165, 1.54) is 48.8 Å². The van der Waals surface area contributed by atoms with Crippen LogP contribution in [0, 0.1) is 5.92 Å². The summed E-state index contributed by atoms with van der Waals surface area (Å²) in [6, 6.07) is 5.83. The standard InChI is InChI=1S/C28H43N3O6S2/c1-28(2,3)37-27(35)31-23(18-39-24(31)15-32)26(34)30-22(17-38-16-20-8-6-5-7-9-20)25(33)29-14-19-10-12-21(36-4)13-11-19/h10-13,20,22-24,32H,5-9,14-18H2,1-4H3,(H,29,33)(H,30,34)/t22-,23-,24?/m0/s1. The van der Waals surface area contributed by atoms with Crippen LogP contribution in [0.2, 0.25) is 0 Å². The topological polar surface area (TPSA) is 117 Å². The number of aliphatic hydroxyl groups excluding tert-OH is 1. The van der Waals surface area contributed by atoms with Gasteiger partial charge in [-0.25, -0.2) is 4.79 Å². The molecule has 9 nitrogen and oxygen atoms in total. The Morgan fingerprint density at radius 3 is 2.46 bits per heavy atom. The molecule has 3 N–H and O–H groups in total. The molecule has 11 heteroatoms. The van der Waals surface area contributed by atoms with Crippen molar-refractivity contribution >= 4 is 41.4 Å². The first-order valence-electron chi connectivity index (χ1n) is 13.6. The Balaban J connectivity index is 1.66. The number of ether oxygens (including phenoxy) is 2. The molecule has 218 valence electrons. The predicted molar refractivity (Wildman–Crippen MR) is 156 cm³/mol. The molecule has 2 aliphatic rings. The second-order valence-electron chi connectivity index (χ2n) is 11.0. The number of amides is 3. The smallest absolute Gasteiger partial charge is 0.411 e. The van der Waals surface area contributed by atoms with Crippen molar-refractivity contribution in [2.45, 2.75) is 82.5 Å². The summed E-state index contributed by atoms with van der Waals surface area (Å²) in [5.74, 6) is 2.38. The summed E-state index contributed by atoms with van der Waals surface area (Å²) in [5.41, 5.74) is 0.170. The summed E-state index contributed by atoms with van der Waals surface area (Å²) in [5, 5.41) is 15.1. The number of carbonyl (C=O) groups excluding carboxylic acids is 3. The Morgan fingerprint density at radius 1 is 1.15 bits per heavy atom. The Bertz CT molecular complexity index is 950. The van der Waals surface area contributed by atoms with Gasteiger partial charge in [0.05, 0.1) is 13.7 Å². The molecular weight excluding hydrogens is 538 g/mol. The summed E-state index contributed by atoms with van der Waals surface area (Å²) in [4.78, 5) is 41.0. The van der Waals surface area contributed by atoms with Crippen LogP contribution in [0.3, 0.4) is 0 Å². The highest BCUT2D eigenvalue weighted by Gasteiger charge is 2.44. The fourth-order valence-electron chi connectivity index (χ4n) is 4.68. The van der Waals surface area contributed by atoms with Crippen LogP contribution in [0.15, 0.2) is 24.3 Å². The van der Waals surface area contributed by atoms with Gasteiger partial charge in [0.2, 0.25) is 11.8 Å². The number of hydrogen-bond donors (Lipinski definition) is 3. The van der Waals surface area contributed by atoms with Crippen LogP contribution < -0.4 is 15.4 Å². The maximum Gasteiger partial charge on any atom is 0.411 e. The minimum absolute atomic E-state index is 0.275. The molecule has 2 fully saturated rings. The normalized spacial score (nSPS) is 20.8. The zero-order chi connectivity index (χ0) is 28.4. The lowest BCUT2D eigenvalue weighted by Crippen LogP contribution is -2.56. The number of nitrogens with zero attached hydrogens (tertiary/aromatic N) is 1. The Kier molecular flexibility index (Phi) is 12.1. The molecular formula is C28H43N3O6S2. The van der Waals surface area contributed by atoms with Crippen molar-refractivity contribution in [1.82, 2.24) is 15.5 Å². The molecule has 1 aromatic rings. The van der Waals surface area contributed by atoms with Crippen LogP contribution in [0.1, 0.15) is 58.4 Å². The second kappa shape index (κ2) is 15.0. The monoisotopic (exact) mass is 581 g/mol.